The molecule has 1 aromatic heterocycles. The van der Waals surface area contributed by atoms with Crippen LogP contribution in [0.5, 0.6) is 0 Å². The number of aliphatic carboxylic acids is 1. The van der Waals surface area contributed by atoms with Gasteiger partial charge in [-0.15, -0.1) is 11.3 Å². The molecule has 0 saturated heterocycles. The summed E-state index contributed by atoms with van der Waals surface area (Å²) in [5, 5.41) is 10.8. The van der Waals surface area contributed by atoms with Gasteiger partial charge < -0.3 is 5.11 Å². The van der Waals surface area contributed by atoms with Crippen molar-refractivity contribution in [3.63, 3.8) is 0 Å². The second-order valence-corrected chi connectivity index (χ2v) is 4.38. The molecule has 1 heterocycles. The quantitative estimate of drug-likeness (QED) is 0.511. The maximum Gasteiger partial charge on any atom is 0.311 e. The summed E-state index contributed by atoms with van der Waals surface area (Å²) < 4.78 is 0.902. The number of hydrogen-bond acceptors (Lipinski definition) is 4. The predicted molar refractivity (Wildman–Crippen MR) is 63.4 cm³/mol. The first-order valence-electron chi connectivity index (χ1n) is 4.85. The molecule has 0 bridgehead atoms. The van der Waals surface area contributed by atoms with Gasteiger partial charge in [-0.1, -0.05) is 18.2 Å². The third kappa shape index (κ3) is 2.24. The van der Waals surface area contributed by atoms with E-state index in [0.29, 0.717) is 5.39 Å². The number of ketones is 2. The lowest BCUT2D eigenvalue weighted by Crippen LogP contribution is -2.17. The van der Waals surface area contributed by atoms with Gasteiger partial charge in [-0.2, -0.15) is 0 Å². The van der Waals surface area contributed by atoms with E-state index in [-0.39, 0.29) is 5.56 Å². The number of carboxylic acids is 1. The molecule has 86 valence electrons. The van der Waals surface area contributed by atoms with E-state index in [0.717, 1.165) is 4.70 Å². The van der Waals surface area contributed by atoms with Gasteiger partial charge >= 0.3 is 5.97 Å². The fraction of sp³-hybridized carbons (Fsp3) is 0.0833. The van der Waals surface area contributed by atoms with Crippen LogP contribution in [0.2, 0.25) is 0 Å². The van der Waals surface area contributed by atoms with E-state index in [4.69, 9.17) is 5.11 Å². The summed E-state index contributed by atoms with van der Waals surface area (Å²) in [5.41, 5.74) is 0.289. The van der Waals surface area contributed by atoms with E-state index in [2.05, 4.69) is 0 Å². The van der Waals surface area contributed by atoms with Crippen molar-refractivity contribution >= 4 is 39.0 Å². The van der Waals surface area contributed by atoms with Gasteiger partial charge in [0, 0.05) is 21.0 Å². The molecule has 0 spiro atoms. The molecule has 5 heteroatoms. The van der Waals surface area contributed by atoms with Gasteiger partial charge in [0.05, 0.1) is 0 Å². The minimum absolute atomic E-state index is 0.289. The van der Waals surface area contributed by atoms with Crippen molar-refractivity contribution in [1.82, 2.24) is 0 Å². The summed E-state index contributed by atoms with van der Waals surface area (Å²) in [6.45, 7) is 0. The highest BCUT2D eigenvalue weighted by atomic mass is 32.1. The zero-order chi connectivity index (χ0) is 12.4. The average molecular weight is 248 g/mol. The Balaban J connectivity index is 2.37. The van der Waals surface area contributed by atoms with Crippen LogP contribution in [0.3, 0.4) is 0 Å². The summed E-state index contributed by atoms with van der Waals surface area (Å²) in [7, 11) is 0. The van der Waals surface area contributed by atoms with E-state index >= 15 is 0 Å². The van der Waals surface area contributed by atoms with Crippen LogP contribution in [0.4, 0.5) is 0 Å². The Labute approximate surface area is 100 Å². The zero-order valence-electron chi connectivity index (χ0n) is 8.67. The van der Waals surface area contributed by atoms with Crippen molar-refractivity contribution < 1.29 is 19.5 Å². The summed E-state index contributed by atoms with van der Waals surface area (Å²) in [4.78, 5) is 33.5. The number of Topliss-reactive ketones (excluding diaryl/α,β-unsaturated/α-hetero) is 2. The smallest absolute Gasteiger partial charge is 0.311 e. The predicted octanol–water partition coefficient (Wildman–Crippen LogP) is 2.13. The van der Waals surface area contributed by atoms with Crippen LogP contribution < -0.4 is 0 Å². The number of thiophene rings is 1. The standard InChI is InChI=1S/C12H8O4S/c13-9(5-11(14)15)12(16)8-6-17-10-4-2-1-3-7(8)10/h1-4,6H,5H2,(H,14,15). The van der Waals surface area contributed by atoms with Crippen molar-refractivity contribution in [2.24, 2.45) is 0 Å². The topological polar surface area (TPSA) is 71.4 Å². The van der Waals surface area contributed by atoms with Crippen molar-refractivity contribution in [3.05, 3.63) is 35.2 Å². The monoisotopic (exact) mass is 248 g/mol. The lowest BCUT2D eigenvalue weighted by molar-refractivity contribution is -0.139. The van der Waals surface area contributed by atoms with Crippen LogP contribution in [0.25, 0.3) is 10.1 Å². The van der Waals surface area contributed by atoms with Crippen LogP contribution in [-0.4, -0.2) is 22.6 Å². The molecule has 1 N–H and O–H groups in total. The van der Waals surface area contributed by atoms with E-state index in [1.807, 2.05) is 12.1 Å². The number of benzene rings is 1. The molecule has 2 aromatic rings. The van der Waals surface area contributed by atoms with Crippen LogP contribution >= 0.6 is 11.3 Å². The highest BCUT2D eigenvalue weighted by molar-refractivity contribution is 7.17. The molecule has 0 radical (unpaired) electrons. The number of carboxylic acid groups (broad SMARTS) is 1. The first kappa shape index (κ1) is 11.5. The second kappa shape index (κ2) is 4.47. The first-order chi connectivity index (χ1) is 8.09. The third-order valence-electron chi connectivity index (χ3n) is 2.29. The maximum atomic E-state index is 11.7. The minimum atomic E-state index is -1.29. The Bertz CT molecular complexity index is 612. The molecule has 17 heavy (non-hydrogen) atoms. The highest BCUT2D eigenvalue weighted by Crippen LogP contribution is 2.26. The van der Waals surface area contributed by atoms with Gasteiger partial charge in [-0.25, -0.2) is 0 Å². The Morgan fingerprint density at radius 3 is 2.59 bits per heavy atom. The summed E-state index contributed by atoms with van der Waals surface area (Å²) >= 11 is 1.36. The average Bonchev–Trinajstić information content (AvgIpc) is 2.70. The third-order valence-corrected chi connectivity index (χ3v) is 3.25. The fourth-order valence-corrected chi connectivity index (χ4v) is 2.46. The van der Waals surface area contributed by atoms with Crippen molar-refractivity contribution in [3.8, 4) is 0 Å². The van der Waals surface area contributed by atoms with Crippen LogP contribution in [0.15, 0.2) is 29.6 Å². The normalized spacial score (nSPS) is 10.4. The molecule has 0 fully saturated rings. The maximum absolute atomic E-state index is 11.7. The second-order valence-electron chi connectivity index (χ2n) is 3.47. The van der Waals surface area contributed by atoms with E-state index < -0.39 is 24.0 Å². The number of carbonyl (C=O) groups is 3. The molecule has 0 aliphatic rings. The molecule has 0 amide bonds. The highest BCUT2D eigenvalue weighted by Gasteiger charge is 2.21. The lowest BCUT2D eigenvalue weighted by atomic mass is 10.0. The number of carbonyl (C=O) groups excluding carboxylic acids is 2. The number of hydrogen-bond donors (Lipinski definition) is 1. The van der Waals surface area contributed by atoms with Crippen LogP contribution in [0.1, 0.15) is 16.8 Å². The van der Waals surface area contributed by atoms with Crippen LogP contribution in [0, 0.1) is 0 Å². The largest absolute Gasteiger partial charge is 0.481 e. The van der Waals surface area contributed by atoms with Crippen molar-refractivity contribution in [2.45, 2.75) is 6.42 Å². The summed E-state index contributed by atoms with van der Waals surface area (Å²) in [6.07, 6.45) is -0.761. The summed E-state index contributed by atoms with van der Waals surface area (Å²) in [5.74, 6) is -2.91. The Kier molecular flexibility index (Phi) is 3.01. The minimum Gasteiger partial charge on any atom is -0.481 e. The van der Waals surface area contributed by atoms with E-state index in [1.165, 1.54) is 11.3 Å². The summed E-state index contributed by atoms with van der Waals surface area (Å²) in [6, 6.07) is 7.20. The van der Waals surface area contributed by atoms with Crippen molar-refractivity contribution in [2.75, 3.05) is 0 Å². The van der Waals surface area contributed by atoms with Gasteiger partial charge in [0.1, 0.15) is 6.42 Å². The molecule has 0 saturated carbocycles. The van der Waals surface area contributed by atoms with Crippen molar-refractivity contribution in [1.29, 1.82) is 0 Å². The Hall–Kier alpha value is -2.01. The van der Waals surface area contributed by atoms with Gasteiger partial charge in [-0.3, -0.25) is 14.4 Å². The SMILES string of the molecule is O=C(O)CC(=O)C(=O)c1csc2ccccc12. The Morgan fingerprint density at radius 2 is 1.88 bits per heavy atom. The zero-order valence-corrected chi connectivity index (χ0v) is 9.49. The molecule has 2 rings (SSSR count). The molecule has 0 aliphatic carbocycles. The number of fused-ring (bicyclic) bond motifs is 1. The molecule has 0 unspecified atom stereocenters. The molecular formula is C12H8O4S. The van der Waals surface area contributed by atoms with Crippen LogP contribution in [-0.2, 0) is 9.59 Å². The number of rotatable bonds is 4. The van der Waals surface area contributed by atoms with Gasteiger partial charge in [0.25, 0.3) is 0 Å². The first-order valence-corrected chi connectivity index (χ1v) is 5.73. The fourth-order valence-electron chi connectivity index (χ4n) is 1.52. The molecular weight excluding hydrogens is 240 g/mol. The van der Waals surface area contributed by atoms with Gasteiger partial charge in [-0.05, 0) is 6.07 Å². The van der Waals surface area contributed by atoms with Gasteiger partial charge in [0.15, 0.2) is 0 Å². The lowest BCUT2D eigenvalue weighted by Gasteiger charge is -1.96. The molecule has 1 aromatic carbocycles. The van der Waals surface area contributed by atoms with E-state index in [1.54, 1.807) is 17.5 Å². The molecule has 4 nitrogen and oxygen atoms in total. The molecule has 0 aliphatic heterocycles. The van der Waals surface area contributed by atoms with E-state index in [9.17, 15) is 14.4 Å². The van der Waals surface area contributed by atoms with Gasteiger partial charge in [0.2, 0.25) is 11.6 Å². The molecule has 0 atom stereocenters. The Morgan fingerprint density at radius 1 is 1.18 bits per heavy atom.